The van der Waals surface area contributed by atoms with Gasteiger partial charge in [0.15, 0.2) is 6.17 Å². The van der Waals surface area contributed by atoms with Crippen molar-refractivity contribution < 1.29 is 0 Å². The molecule has 2 rings (SSSR count). The van der Waals surface area contributed by atoms with Gasteiger partial charge >= 0.3 is 0 Å². The molecule has 2 N–H and O–H groups in total. The molecule has 5 nitrogen and oxygen atoms in total. The Morgan fingerprint density at radius 2 is 2.06 bits per heavy atom. The Morgan fingerprint density at radius 3 is 2.65 bits per heavy atom. The minimum absolute atomic E-state index is 0.0123. The monoisotopic (exact) mass is 235 g/mol. The average molecular weight is 235 g/mol. The van der Waals surface area contributed by atoms with Crippen LogP contribution in [-0.4, -0.2) is 41.2 Å². The molecule has 0 saturated carbocycles. The van der Waals surface area contributed by atoms with E-state index in [0.717, 1.165) is 5.84 Å². The maximum Gasteiger partial charge on any atom is 0.154 e. The molecular formula is C12H21N5. The largest absolute Gasteiger partial charge is 0.385 e. The molecule has 94 valence electrons. The molecule has 2 heterocycles. The predicted octanol–water partition coefficient (Wildman–Crippen LogP) is 1.25. The Hall–Kier alpha value is -1.39. The molecule has 0 saturated heterocycles. The van der Waals surface area contributed by atoms with Gasteiger partial charge in [0.05, 0.1) is 6.34 Å². The molecule has 5 heteroatoms. The third kappa shape index (κ3) is 2.06. The van der Waals surface area contributed by atoms with Crippen LogP contribution in [0.2, 0.25) is 0 Å². The van der Waals surface area contributed by atoms with Crippen molar-refractivity contribution in [1.82, 2.24) is 4.90 Å². The number of hydrogen-bond donors (Lipinski definition) is 1. The lowest BCUT2D eigenvalue weighted by Gasteiger charge is -2.38. The lowest BCUT2D eigenvalue weighted by Crippen LogP contribution is -2.50. The quantitative estimate of drug-likeness (QED) is 0.743. The van der Waals surface area contributed by atoms with E-state index in [9.17, 15) is 0 Å². The van der Waals surface area contributed by atoms with E-state index in [1.165, 1.54) is 0 Å². The number of amidine groups is 2. The number of aliphatic imine (C=N–C) groups is 3. The Kier molecular flexibility index (Phi) is 2.72. The maximum absolute atomic E-state index is 5.91. The second-order valence-electron chi connectivity index (χ2n) is 5.83. The van der Waals surface area contributed by atoms with Crippen molar-refractivity contribution in [3.05, 3.63) is 0 Å². The van der Waals surface area contributed by atoms with Gasteiger partial charge in [-0.3, -0.25) is 4.99 Å². The fourth-order valence-corrected chi connectivity index (χ4v) is 2.07. The predicted molar refractivity (Wildman–Crippen MR) is 71.6 cm³/mol. The van der Waals surface area contributed by atoms with Gasteiger partial charge in [0, 0.05) is 6.04 Å². The molecule has 0 aromatic rings. The third-order valence-corrected chi connectivity index (χ3v) is 3.56. The summed E-state index contributed by atoms with van der Waals surface area (Å²) in [4.78, 5) is 15.4. The highest BCUT2D eigenvalue weighted by Gasteiger charge is 2.40. The molecule has 2 aliphatic heterocycles. The summed E-state index contributed by atoms with van der Waals surface area (Å²) in [7, 11) is 0. The Balaban J connectivity index is 2.25. The smallest absolute Gasteiger partial charge is 0.154 e. The average Bonchev–Trinajstić information content (AvgIpc) is 2.58. The summed E-state index contributed by atoms with van der Waals surface area (Å²) in [5, 5.41) is 0. The molecule has 0 aliphatic carbocycles. The van der Waals surface area contributed by atoms with Gasteiger partial charge in [0.25, 0.3) is 0 Å². The van der Waals surface area contributed by atoms with Crippen LogP contribution in [0.5, 0.6) is 0 Å². The Bertz CT molecular complexity index is 402. The molecule has 0 spiro atoms. The summed E-state index contributed by atoms with van der Waals surface area (Å²) in [5.74, 6) is 1.31. The zero-order chi connectivity index (χ0) is 12.8. The molecular weight excluding hydrogens is 214 g/mol. The second-order valence-corrected chi connectivity index (χ2v) is 5.83. The first-order valence-electron chi connectivity index (χ1n) is 6.00. The highest BCUT2D eigenvalue weighted by Crippen LogP contribution is 2.29. The fourth-order valence-electron chi connectivity index (χ4n) is 2.07. The minimum atomic E-state index is -0.108. The standard InChI is InChI=1S/C12H21N5/c1-7(12(3,4)5)17-6-14-9-10(13)15-8(2)16-11(9)17/h6-7,9,11H,1-5H3,(H2,13,15,16)/t7-,9?,11?/m1/s1. The molecule has 17 heavy (non-hydrogen) atoms. The van der Waals surface area contributed by atoms with Gasteiger partial charge in [0.1, 0.15) is 17.7 Å². The van der Waals surface area contributed by atoms with Crippen molar-refractivity contribution in [2.24, 2.45) is 26.1 Å². The lowest BCUT2D eigenvalue weighted by atomic mass is 9.86. The highest BCUT2D eigenvalue weighted by atomic mass is 15.4. The van der Waals surface area contributed by atoms with Gasteiger partial charge in [-0.1, -0.05) is 20.8 Å². The maximum atomic E-state index is 5.91. The van der Waals surface area contributed by atoms with E-state index >= 15 is 0 Å². The Morgan fingerprint density at radius 1 is 1.41 bits per heavy atom. The van der Waals surface area contributed by atoms with Crippen molar-refractivity contribution in [2.75, 3.05) is 0 Å². The topological polar surface area (TPSA) is 66.3 Å². The van der Waals surface area contributed by atoms with E-state index in [1.54, 1.807) is 0 Å². The summed E-state index contributed by atoms with van der Waals surface area (Å²) in [5.41, 5.74) is 6.08. The molecule has 2 unspecified atom stereocenters. The van der Waals surface area contributed by atoms with E-state index in [1.807, 2.05) is 13.3 Å². The molecule has 0 aromatic carbocycles. The normalized spacial score (nSPS) is 29.8. The van der Waals surface area contributed by atoms with Crippen molar-refractivity contribution in [2.45, 2.75) is 52.9 Å². The van der Waals surface area contributed by atoms with E-state index in [4.69, 9.17) is 5.73 Å². The number of fused-ring (bicyclic) bond motifs is 1. The zero-order valence-electron chi connectivity index (χ0n) is 11.2. The first kappa shape index (κ1) is 12.1. The fraction of sp³-hybridized carbons (Fsp3) is 0.750. The van der Waals surface area contributed by atoms with Gasteiger partial charge in [-0.25, -0.2) is 9.98 Å². The van der Waals surface area contributed by atoms with E-state index < -0.39 is 0 Å². The van der Waals surface area contributed by atoms with Crippen molar-refractivity contribution in [1.29, 1.82) is 0 Å². The van der Waals surface area contributed by atoms with Crippen LogP contribution in [0.4, 0.5) is 0 Å². The van der Waals surface area contributed by atoms with Crippen LogP contribution >= 0.6 is 0 Å². The summed E-state index contributed by atoms with van der Waals surface area (Å²) in [6.45, 7) is 10.7. The van der Waals surface area contributed by atoms with Gasteiger partial charge in [-0.15, -0.1) is 0 Å². The van der Waals surface area contributed by atoms with Crippen LogP contribution < -0.4 is 5.73 Å². The lowest BCUT2D eigenvalue weighted by molar-refractivity contribution is 0.157. The van der Waals surface area contributed by atoms with Gasteiger partial charge in [-0.2, -0.15) is 0 Å². The molecule has 2 aliphatic rings. The van der Waals surface area contributed by atoms with E-state index in [0.29, 0.717) is 11.9 Å². The second kappa shape index (κ2) is 3.82. The van der Waals surface area contributed by atoms with Crippen LogP contribution in [0.25, 0.3) is 0 Å². The number of rotatable bonds is 1. The molecule has 0 fully saturated rings. The van der Waals surface area contributed by atoms with Crippen molar-refractivity contribution in [3.8, 4) is 0 Å². The molecule has 0 aromatic heterocycles. The summed E-state index contributed by atoms with van der Waals surface area (Å²) < 4.78 is 0. The van der Waals surface area contributed by atoms with Crippen LogP contribution in [0.3, 0.4) is 0 Å². The number of nitrogens with two attached hydrogens (primary N) is 1. The number of nitrogens with zero attached hydrogens (tertiary/aromatic N) is 4. The van der Waals surface area contributed by atoms with Crippen molar-refractivity contribution >= 4 is 18.0 Å². The molecule has 3 atom stereocenters. The zero-order valence-corrected chi connectivity index (χ0v) is 11.2. The molecule has 0 radical (unpaired) electrons. The SMILES string of the molecule is CC1=NC2C(N=CN2[C@H](C)C(C)(C)C)C(N)=N1. The summed E-state index contributed by atoms with van der Waals surface area (Å²) >= 11 is 0. The third-order valence-electron chi connectivity index (χ3n) is 3.56. The van der Waals surface area contributed by atoms with Gasteiger partial charge < -0.3 is 10.6 Å². The first-order valence-corrected chi connectivity index (χ1v) is 6.00. The van der Waals surface area contributed by atoms with Gasteiger partial charge in [-0.05, 0) is 19.3 Å². The van der Waals surface area contributed by atoms with Crippen LogP contribution in [0.15, 0.2) is 15.0 Å². The van der Waals surface area contributed by atoms with E-state index in [-0.39, 0.29) is 17.6 Å². The van der Waals surface area contributed by atoms with Crippen LogP contribution in [0, 0.1) is 5.41 Å². The Labute approximate surface area is 103 Å². The number of hydrogen-bond acceptors (Lipinski definition) is 5. The van der Waals surface area contributed by atoms with Crippen LogP contribution in [0.1, 0.15) is 34.6 Å². The minimum Gasteiger partial charge on any atom is -0.385 e. The summed E-state index contributed by atoms with van der Waals surface area (Å²) in [6.07, 6.45) is 1.86. The molecule has 0 amide bonds. The van der Waals surface area contributed by atoms with Crippen molar-refractivity contribution in [3.63, 3.8) is 0 Å². The highest BCUT2D eigenvalue weighted by molar-refractivity contribution is 6.01. The van der Waals surface area contributed by atoms with Crippen LogP contribution in [-0.2, 0) is 0 Å². The summed E-state index contributed by atoms with van der Waals surface area (Å²) in [6, 6.07) is 0.243. The molecule has 0 bridgehead atoms. The van der Waals surface area contributed by atoms with Gasteiger partial charge in [0.2, 0.25) is 0 Å². The van der Waals surface area contributed by atoms with E-state index in [2.05, 4.69) is 47.6 Å². The first-order chi connectivity index (χ1) is 7.80.